The number of rotatable bonds is 3. The second kappa shape index (κ2) is 8.55. The van der Waals surface area contributed by atoms with Crippen molar-refractivity contribution in [2.75, 3.05) is 0 Å². The van der Waals surface area contributed by atoms with Crippen LogP contribution in [-0.4, -0.2) is 15.3 Å². The highest BCUT2D eigenvalue weighted by Crippen LogP contribution is 2.33. The molecule has 3 rings (SSSR count). The Labute approximate surface area is 185 Å². The summed E-state index contributed by atoms with van der Waals surface area (Å²) in [5.41, 5.74) is -2.99. The minimum absolute atomic E-state index is 0.0811. The SMILES string of the molecule is CC(C)(C)C(=O)/C(C#N)=c1/s/c(=C\c2ccncc2)c(=O)n1-c1ccccc1C(F)(F)F. The highest BCUT2D eigenvalue weighted by atomic mass is 32.1. The van der Waals surface area contributed by atoms with E-state index >= 15 is 0 Å². The number of nitrogens with zero attached hydrogens (tertiary/aromatic N) is 3. The van der Waals surface area contributed by atoms with Gasteiger partial charge in [0.1, 0.15) is 16.3 Å². The summed E-state index contributed by atoms with van der Waals surface area (Å²) in [6, 6.07) is 9.64. The molecule has 0 N–H and O–H groups in total. The van der Waals surface area contributed by atoms with Crippen LogP contribution in [0.2, 0.25) is 0 Å². The zero-order chi connectivity index (χ0) is 23.7. The van der Waals surface area contributed by atoms with Crippen molar-refractivity contribution in [2.24, 2.45) is 5.41 Å². The van der Waals surface area contributed by atoms with E-state index in [0.29, 0.717) is 5.56 Å². The number of nitriles is 1. The van der Waals surface area contributed by atoms with Gasteiger partial charge in [-0.1, -0.05) is 32.9 Å². The van der Waals surface area contributed by atoms with E-state index in [4.69, 9.17) is 0 Å². The quantitative estimate of drug-likeness (QED) is 0.604. The van der Waals surface area contributed by atoms with Crippen molar-refractivity contribution in [3.63, 3.8) is 0 Å². The zero-order valence-electron chi connectivity index (χ0n) is 17.4. The summed E-state index contributed by atoms with van der Waals surface area (Å²) in [6.45, 7) is 4.78. The molecule has 0 saturated carbocycles. The van der Waals surface area contributed by atoms with Crippen LogP contribution in [0.15, 0.2) is 53.6 Å². The van der Waals surface area contributed by atoms with Crippen LogP contribution >= 0.6 is 11.3 Å². The Bertz CT molecular complexity index is 1390. The van der Waals surface area contributed by atoms with Gasteiger partial charge in [-0.05, 0) is 35.9 Å². The second-order valence-corrected chi connectivity index (χ2v) is 8.95. The van der Waals surface area contributed by atoms with Crippen LogP contribution in [-0.2, 0) is 11.0 Å². The third kappa shape index (κ3) is 4.55. The summed E-state index contributed by atoms with van der Waals surface area (Å²) in [6.07, 6.45) is -0.242. The second-order valence-electron chi connectivity index (χ2n) is 7.92. The summed E-state index contributed by atoms with van der Waals surface area (Å²) in [5, 5.41) is 9.75. The van der Waals surface area contributed by atoms with Crippen molar-refractivity contribution in [3.05, 3.63) is 79.5 Å². The van der Waals surface area contributed by atoms with E-state index in [0.717, 1.165) is 28.0 Å². The monoisotopic (exact) mass is 457 g/mol. The fourth-order valence-corrected chi connectivity index (χ4v) is 4.05. The molecule has 0 aliphatic carbocycles. The molecule has 0 atom stereocenters. The third-order valence-electron chi connectivity index (χ3n) is 4.51. The number of carbonyl (C=O) groups is 1. The molecule has 164 valence electrons. The van der Waals surface area contributed by atoms with Gasteiger partial charge in [0.05, 0.1) is 15.8 Å². The Kier molecular flexibility index (Phi) is 6.19. The van der Waals surface area contributed by atoms with Gasteiger partial charge < -0.3 is 0 Å². The predicted molar refractivity (Wildman–Crippen MR) is 115 cm³/mol. The molecular formula is C23H18F3N3O2S. The molecule has 0 radical (unpaired) electrons. The molecule has 5 nitrogen and oxygen atoms in total. The minimum Gasteiger partial charge on any atom is -0.293 e. The largest absolute Gasteiger partial charge is 0.418 e. The van der Waals surface area contributed by atoms with Crippen LogP contribution in [0, 0.1) is 16.7 Å². The van der Waals surface area contributed by atoms with E-state index in [1.807, 2.05) is 6.07 Å². The highest BCUT2D eigenvalue weighted by molar-refractivity contribution is 7.07. The van der Waals surface area contributed by atoms with Crippen molar-refractivity contribution in [1.29, 1.82) is 5.26 Å². The molecule has 9 heteroatoms. The van der Waals surface area contributed by atoms with Crippen LogP contribution in [0.1, 0.15) is 31.9 Å². The summed E-state index contributed by atoms with van der Waals surface area (Å²) in [7, 11) is 0. The van der Waals surface area contributed by atoms with E-state index < -0.39 is 34.2 Å². The smallest absolute Gasteiger partial charge is 0.293 e. The third-order valence-corrected chi connectivity index (χ3v) is 5.60. The average molecular weight is 457 g/mol. The summed E-state index contributed by atoms with van der Waals surface area (Å²) >= 11 is 0.799. The van der Waals surface area contributed by atoms with E-state index in [1.54, 1.807) is 32.9 Å². The summed E-state index contributed by atoms with van der Waals surface area (Å²) in [4.78, 5) is 30.1. The van der Waals surface area contributed by atoms with Gasteiger partial charge in [0.25, 0.3) is 5.56 Å². The van der Waals surface area contributed by atoms with Gasteiger partial charge in [-0.15, -0.1) is 11.3 Å². The van der Waals surface area contributed by atoms with Crippen molar-refractivity contribution in [3.8, 4) is 11.8 Å². The van der Waals surface area contributed by atoms with Crippen LogP contribution < -0.4 is 14.8 Å². The number of ketones is 1. The standard InChI is InChI=1S/C23H18F3N3O2S/c1-22(2,3)19(30)15(13-27)21-29(17-7-5-4-6-16(17)23(24,25)26)20(31)18(32-21)12-14-8-10-28-11-9-14/h4-12H,1-3H3/b18-12-,21-15+. The normalized spacial score (nSPS) is 13.6. The molecule has 0 aliphatic rings. The van der Waals surface area contributed by atoms with Crippen molar-refractivity contribution in [2.45, 2.75) is 26.9 Å². The topological polar surface area (TPSA) is 75.8 Å². The maximum atomic E-state index is 13.7. The van der Waals surface area contributed by atoms with Gasteiger partial charge in [-0.2, -0.15) is 18.4 Å². The lowest BCUT2D eigenvalue weighted by atomic mass is 9.87. The van der Waals surface area contributed by atoms with E-state index in [2.05, 4.69) is 4.98 Å². The van der Waals surface area contributed by atoms with Crippen molar-refractivity contribution in [1.82, 2.24) is 9.55 Å². The van der Waals surface area contributed by atoms with E-state index in [-0.39, 0.29) is 14.8 Å². The molecule has 0 bridgehead atoms. The van der Waals surface area contributed by atoms with Gasteiger partial charge in [0, 0.05) is 17.8 Å². The number of alkyl halides is 3. The number of thiazole rings is 1. The molecule has 0 unspecified atom stereocenters. The Morgan fingerprint density at radius 2 is 1.75 bits per heavy atom. The number of para-hydroxylation sites is 1. The molecule has 0 amide bonds. The Morgan fingerprint density at radius 1 is 1.12 bits per heavy atom. The number of Topliss-reactive ketones (excluding diaryl/α,β-unsaturated/α-hetero) is 1. The van der Waals surface area contributed by atoms with E-state index in [9.17, 15) is 28.0 Å². The first-order chi connectivity index (χ1) is 14.9. The fraction of sp³-hybridized carbons (Fsp3) is 0.217. The van der Waals surface area contributed by atoms with Gasteiger partial charge in [-0.3, -0.25) is 19.1 Å². The first-order valence-electron chi connectivity index (χ1n) is 9.44. The minimum atomic E-state index is -4.74. The molecule has 0 aliphatic heterocycles. The molecule has 2 heterocycles. The molecular weight excluding hydrogens is 439 g/mol. The fourth-order valence-electron chi connectivity index (χ4n) is 2.96. The lowest BCUT2D eigenvalue weighted by molar-refractivity contribution is -0.137. The molecule has 0 spiro atoms. The molecule has 2 aromatic heterocycles. The van der Waals surface area contributed by atoms with Crippen molar-refractivity contribution >= 4 is 28.8 Å². The first kappa shape index (κ1) is 23.2. The van der Waals surface area contributed by atoms with Crippen LogP contribution in [0.25, 0.3) is 17.3 Å². The Balaban J connectivity index is 2.53. The van der Waals surface area contributed by atoms with Gasteiger partial charge in [0.15, 0.2) is 5.78 Å². The summed E-state index contributed by atoms with van der Waals surface area (Å²) in [5.74, 6) is -0.574. The van der Waals surface area contributed by atoms with Crippen LogP contribution in [0.4, 0.5) is 13.2 Å². The highest BCUT2D eigenvalue weighted by Gasteiger charge is 2.35. The molecule has 3 aromatic rings. The molecule has 0 fully saturated rings. The van der Waals surface area contributed by atoms with Gasteiger partial charge in [-0.25, -0.2) is 0 Å². The van der Waals surface area contributed by atoms with Gasteiger partial charge in [0.2, 0.25) is 0 Å². The van der Waals surface area contributed by atoms with Crippen molar-refractivity contribution < 1.29 is 18.0 Å². The van der Waals surface area contributed by atoms with Crippen LogP contribution in [0.5, 0.6) is 0 Å². The molecule has 0 saturated heterocycles. The number of hydrogen-bond acceptors (Lipinski definition) is 5. The zero-order valence-corrected chi connectivity index (χ0v) is 18.2. The maximum Gasteiger partial charge on any atom is 0.418 e. The Morgan fingerprint density at radius 3 is 2.31 bits per heavy atom. The predicted octanol–water partition coefficient (Wildman–Crippen LogP) is 3.43. The first-order valence-corrected chi connectivity index (χ1v) is 10.3. The number of carbonyl (C=O) groups excluding carboxylic acids is 1. The number of pyridine rings is 1. The lowest BCUT2D eigenvalue weighted by Gasteiger charge is -2.16. The molecule has 32 heavy (non-hydrogen) atoms. The number of halogens is 3. The number of aromatic nitrogens is 2. The Hall–Kier alpha value is -3.51. The molecule has 1 aromatic carbocycles. The average Bonchev–Trinajstić information content (AvgIpc) is 3.03. The summed E-state index contributed by atoms with van der Waals surface area (Å²) < 4.78 is 41.9. The maximum absolute atomic E-state index is 13.7. The lowest BCUT2D eigenvalue weighted by Crippen LogP contribution is -2.34. The number of hydrogen-bond donors (Lipinski definition) is 0. The van der Waals surface area contributed by atoms with E-state index in [1.165, 1.54) is 30.6 Å². The van der Waals surface area contributed by atoms with Crippen LogP contribution in [0.3, 0.4) is 0 Å². The number of benzene rings is 1. The van der Waals surface area contributed by atoms with Gasteiger partial charge >= 0.3 is 6.18 Å².